The molecule has 0 aliphatic carbocycles. The van der Waals surface area contributed by atoms with E-state index in [2.05, 4.69) is 0 Å². The molecule has 3 heteroatoms. The molecule has 2 rings (SSSR count). The van der Waals surface area contributed by atoms with Crippen LogP contribution in [-0.4, -0.2) is 16.3 Å². The van der Waals surface area contributed by atoms with Crippen LogP contribution in [0.25, 0.3) is 0 Å². The highest BCUT2D eigenvalue weighted by molar-refractivity contribution is 5.59. The third-order valence-corrected chi connectivity index (χ3v) is 3.00. The normalized spacial score (nSPS) is 24.5. The van der Waals surface area contributed by atoms with Gasteiger partial charge in [0.15, 0.2) is 11.5 Å². The van der Waals surface area contributed by atoms with Crippen LogP contribution in [0.2, 0.25) is 0 Å². The highest BCUT2D eigenvalue weighted by atomic mass is 16.5. The lowest BCUT2D eigenvalue weighted by Crippen LogP contribution is -2.10. The first-order valence-corrected chi connectivity index (χ1v) is 4.74. The topological polar surface area (TPSA) is 49.7 Å². The van der Waals surface area contributed by atoms with E-state index in [1.54, 1.807) is 0 Å². The molecule has 14 heavy (non-hydrogen) atoms. The molecule has 0 amide bonds. The Morgan fingerprint density at radius 2 is 1.86 bits per heavy atom. The molecule has 1 aromatic carbocycles. The number of aromatic hydroxyl groups is 2. The zero-order valence-electron chi connectivity index (χ0n) is 8.53. The van der Waals surface area contributed by atoms with Crippen LogP contribution in [0.3, 0.4) is 0 Å². The molecular formula is C11H14O3. The Labute approximate surface area is 83.0 Å². The summed E-state index contributed by atoms with van der Waals surface area (Å²) < 4.78 is 5.52. The molecule has 0 bridgehead atoms. The van der Waals surface area contributed by atoms with Gasteiger partial charge in [0.2, 0.25) is 0 Å². The van der Waals surface area contributed by atoms with Crippen molar-refractivity contribution in [3.05, 3.63) is 17.2 Å². The molecule has 1 aromatic rings. The average Bonchev–Trinajstić information content (AvgIpc) is 2.41. The molecule has 2 N–H and O–H groups in total. The van der Waals surface area contributed by atoms with Crippen LogP contribution < -0.4 is 4.74 Å². The maximum absolute atomic E-state index is 9.59. The Bertz CT molecular complexity index is 385. The van der Waals surface area contributed by atoms with E-state index in [1.165, 1.54) is 6.07 Å². The fourth-order valence-electron chi connectivity index (χ4n) is 1.94. The van der Waals surface area contributed by atoms with Gasteiger partial charge in [0.05, 0.1) is 0 Å². The van der Waals surface area contributed by atoms with Crippen molar-refractivity contribution in [3.63, 3.8) is 0 Å². The molecule has 0 unspecified atom stereocenters. The fourth-order valence-corrected chi connectivity index (χ4v) is 1.94. The number of fused-ring (bicyclic) bond motifs is 1. The number of phenols is 2. The van der Waals surface area contributed by atoms with Crippen LogP contribution >= 0.6 is 0 Å². The second-order valence-corrected chi connectivity index (χ2v) is 3.89. The molecule has 1 aliphatic rings. The predicted molar refractivity (Wildman–Crippen MR) is 53.0 cm³/mol. The van der Waals surface area contributed by atoms with Gasteiger partial charge in [-0.25, -0.2) is 0 Å². The van der Waals surface area contributed by atoms with Gasteiger partial charge in [-0.15, -0.1) is 0 Å². The zero-order chi connectivity index (χ0) is 10.5. The van der Waals surface area contributed by atoms with Crippen molar-refractivity contribution in [3.8, 4) is 17.2 Å². The summed E-state index contributed by atoms with van der Waals surface area (Å²) in [4.78, 5) is 0. The van der Waals surface area contributed by atoms with Gasteiger partial charge in [-0.3, -0.25) is 0 Å². The summed E-state index contributed by atoms with van der Waals surface area (Å²) in [5.74, 6) is 0.897. The Morgan fingerprint density at radius 1 is 1.21 bits per heavy atom. The minimum atomic E-state index is 0.0271. The van der Waals surface area contributed by atoms with Crippen molar-refractivity contribution in [2.75, 3.05) is 0 Å². The number of hydrogen-bond donors (Lipinski definition) is 2. The lowest BCUT2D eigenvalue weighted by Gasteiger charge is -2.09. The molecule has 1 heterocycles. The number of ether oxygens (including phenoxy) is 1. The molecule has 0 saturated carbocycles. The standard InChI is InChI=1S/C11H14O3/c1-5-7(3)14-11-9(13)4-8(12)6(2)10(5)11/h4-5,7,12-13H,1-3H3/t5-,7-/m0/s1. The van der Waals surface area contributed by atoms with Crippen LogP contribution in [-0.2, 0) is 0 Å². The van der Waals surface area contributed by atoms with E-state index in [4.69, 9.17) is 4.74 Å². The fraction of sp³-hybridized carbons (Fsp3) is 0.455. The van der Waals surface area contributed by atoms with Gasteiger partial charge in [-0.2, -0.15) is 0 Å². The molecule has 0 saturated heterocycles. The Kier molecular flexibility index (Phi) is 1.84. The summed E-state index contributed by atoms with van der Waals surface area (Å²) in [5, 5.41) is 19.1. The number of phenolic OH excluding ortho intramolecular Hbond substituents is 2. The first-order chi connectivity index (χ1) is 6.52. The van der Waals surface area contributed by atoms with Crippen molar-refractivity contribution < 1.29 is 14.9 Å². The number of hydrogen-bond acceptors (Lipinski definition) is 3. The summed E-state index contributed by atoms with van der Waals surface area (Å²) in [6.07, 6.45) is 0.0522. The molecule has 2 atom stereocenters. The molecule has 0 aromatic heterocycles. The van der Waals surface area contributed by atoms with Crippen LogP contribution in [0.15, 0.2) is 6.07 Å². The first kappa shape index (κ1) is 9.19. The third kappa shape index (κ3) is 1.05. The second kappa shape index (κ2) is 2.80. The number of benzene rings is 1. The van der Waals surface area contributed by atoms with Crippen LogP contribution in [0.4, 0.5) is 0 Å². The highest BCUT2D eigenvalue weighted by Gasteiger charge is 2.32. The van der Waals surface area contributed by atoms with Crippen molar-refractivity contribution in [2.45, 2.75) is 32.8 Å². The van der Waals surface area contributed by atoms with E-state index < -0.39 is 0 Å². The first-order valence-electron chi connectivity index (χ1n) is 4.74. The van der Waals surface area contributed by atoms with Gasteiger partial charge < -0.3 is 14.9 Å². The van der Waals surface area contributed by atoms with Gasteiger partial charge in [0.1, 0.15) is 11.9 Å². The monoisotopic (exact) mass is 194 g/mol. The Hall–Kier alpha value is -1.38. The van der Waals surface area contributed by atoms with E-state index in [1.807, 2.05) is 20.8 Å². The molecule has 3 nitrogen and oxygen atoms in total. The van der Waals surface area contributed by atoms with E-state index in [0.717, 1.165) is 11.1 Å². The SMILES string of the molecule is Cc1c(O)cc(O)c2c1[C@@H](C)[C@H](C)O2. The minimum Gasteiger partial charge on any atom is -0.508 e. The average molecular weight is 194 g/mol. The molecule has 76 valence electrons. The summed E-state index contributed by atoms with van der Waals surface area (Å²) in [5.41, 5.74) is 1.73. The van der Waals surface area contributed by atoms with Crippen molar-refractivity contribution in [1.29, 1.82) is 0 Å². The second-order valence-electron chi connectivity index (χ2n) is 3.89. The summed E-state index contributed by atoms with van der Waals surface area (Å²) >= 11 is 0. The zero-order valence-corrected chi connectivity index (χ0v) is 8.53. The van der Waals surface area contributed by atoms with Crippen molar-refractivity contribution in [1.82, 2.24) is 0 Å². The number of rotatable bonds is 0. The van der Waals surface area contributed by atoms with E-state index in [-0.39, 0.29) is 23.5 Å². The Morgan fingerprint density at radius 3 is 2.50 bits per heavy atom. The van der Waals surface area contributed by atoms with E-state index >= 15 is 0 Å². The summed E-state index contributed by atoms with van der Waals surface area (Å²) in [6.45, 7) is 5.83. The predicted octanol–water partition coefficient (Wildman–Crippen LogP) is 2.29. The summed E-state index contributed by atoms with van der Waals surface area (Å²) in [6, 6.07) is 1.33. The van der Waals surface area contributed by atoms with Crippen LogP contribution in [0, 0.1) is 6.92 Å². The van der Waals surface area contributed by atoms with E-state index in [9.17, 15) is 10.2 Å². The maximum atomic E-state index is 9.59. The van der Waals surface area contributed by atoms with Crippen LogP contribution in [0.1, 0.15) is 30.9 Å². The molecular weight excluding hydrogens is 180 g/mol. The van der Waals surface area contributed by atoms with E-state index in [0.29, 0.717) is 5.75 Å². The minimum absolute atomic E-state index is 0.0271. The van der Waals surface area contributed by atoms with Crippen molar-refractivity contribution in [2.24, 2.45) is 0 Å². The lowest BCUT2D eigenvalue weighted by molar-refractivity contribution is 0.225. The quantitative estimate of drug-likeness (QED) is 0.666. The molecule has 0 radical (unpaired) electrons. The van der Waals surface area contributed by atoms with Gasteiger partial charge in [-0.1, -0.05) is 6.92 Å². The largest absolute Gasteiger partial charge is 0.508 e. The van der Waals surface area contributed by atoms with Gasteiger partial charge in [0.25, 0.3) is 0 Å². The van der Waals surface area contributed by atoms with Gasteiger partial charge in [-0.05, 0) is 19.4 Å². The maximum Gasteiger partial charge on any atom is 0.165 e. The van der Waals surface area contributed by atoms with Gasteiger partial charge in [0, 0.05) is 17.5 Å². The molecule has 1 aliphatic heterocycles. The third-order valence-electron chi connectivity index (χ3n) is 3.00. The Balaban J connectivity index is 2.67. The van der Waals surface area contributed by atoms with Crippen LogP contribution in [0.5, 0.6) is 17.2 Å². The van der Waals surface area contributed by atoms with Gasteiger partial charge >= 0.3 is 0 Å². The summed E-state index contributed by atoms with van der Waals surface area (Å²) in [7, 11) is 0. The highest BCUT2D eigenvalue weighted by Crippen LogP contribution is 2.48. The van der Waals surface area contributed by atoms with Crippen molar-refractivity contribution >= 4 is 0 Å². The molecule has 0 fully saturated rings. The smallest absolute Gasteiger partial charge is 0.165 e. The molecule has 0 spiro atoms. The lowest BCUT2D eigenvalue weighted by atomic mass is 9.93.